The van der Waals surface area contributed by atoms with Gasteiger partial charge in [-0.3, -0.25) is 0 Å². The number of alkyl halides is 1. The molecule has 1 radical (unpaired) electrons. The van der Waals surface area contributed by atoms with Crippen LogP contribution in [0.15, 0.2) is 42.6 Å². The van der Waals surface area contributed by atoms with Gasteiger partial charge in [0.2, 0.25) is 0 Å². The topological polar surface area (TPSA) is 81.5 Å². The first-order valence-corrected chi connectivity index (χ1v) is 15.4. The van der Waals surface area contributed by atoms with Gasteiger partial charge in [0, 0.05) is 0 Å². The Labute approximate surface area is 242 Å². The molecule has 0 spiro atoms. The molecule has 2 aliphatic heterocycles. The molecule has 1 amide bonds. The average molecular weight is 636 g/mol. The van der Waals surface area contributed by atoms with E-state index in [0.717, 1.165) is 6.54 Å². The van der Waals surface area contributed by atoms with Crippen molar-refractivity contribution in [3.8, 4) is 17.6 Å². The number of methoxy groups -OCH3 is 1. The van der Waals surface area contributed by atoms with Crippen molar-refractivity contribution in [2.24, 2.45) is 0 Å². The van der Waals surface area contributed by atoms with E-state index in [0.29, 0.717) is 41.2 Å². The zero-order chi connectivity index (χ0) is 29.3. The number of rotatable bonds is 7. The number of halogens is 3. The summed E-state index contributed by atoms with van der Waals surface area (Å²) in [5.41, 5.74) is 1.46. The van der Waals surface area contributed by atoms with E-state index < -0.39 is 32.6 Å². The number of nitrogens with one attached hydrogen (secondary N) is 2. The molecule has 219 valence electrons. The minimum absolute atomic E-state index is 0.105. The maximum absolute atomic E-state index is 14.7. The van der Waals surface area contributed by atoms with Gasteiger partial charge in [0.15, 0.2) is 0 Å². The van der Waals surface area contributed by atoms with Gasteiger partial charge < -0.3 is 5.11 Å². The molecule has 2 aromatic heterocycles. The summed E-state index contributed by atoms with van der Waals surface area (Å²) in [5, 5.41) is 16.3. The molecule has 2 aliphatic rings. The predicted octanol–water partition coefficient (Wildman–Crippen LogP) is 2.71. The molecule has 1 aromatic carbocycles. The number of carbonyl (C=O) groups is 1. The van der Waals surface area contributed by atoms with Gasteiger partial charge in [0.1, 0.15) is 0 Å². The molecule has 2 unspecified atom stereocenters. The van der Waals surface area contributed by atoms with Crippen molar-refractivity contribution in [3.63, 3.8) is 0 Å². The molecule has 8 nitrogen and oxygen atoms in total. The number of amides is 1. The third-order valence-electron chi connectivity index (χ3n) is 7.38. The van der Waals surface area contributed by atoms with Gasteiger partial charge in [0.05, 0.1) is 5.60 Å². The van der Waals surface area contributed by atoms with Gasteiger partial charge in [-0.15, -0.1) is 0 Å². The first-order chi connectivity index (χ1) is 19.6. The fourth-order valence-electron chi connectivity index (χ4n) is 5.32. The quantitative estimate of drug-likeness (QED) is 0.274. The van der Waals surface area contributed by atoms with E-state index >= 15 is 0 Å². The van der Waals surface area contributed by atoms with Gasteiger partial charge >= 0.3 is 225 Å². The maximum atomic E-state index is 14.7. The van der Waals surface area contributed by atoms with Crippen molar-refractivity contribution in [1.82, 2.24) is 14.2 Å². The Morgan fingerprint density at radius 3 is 2.71 bits per heavy atom. The average Bonchev–Trinajstić information content (AvgIpc) is 3.30. The molecule has 12 heteroatoms. The van der Waals surface area contributed by atoms with E-state index in [1.54, 1.807) is 54.4 Å². The fourth-order valence-corrected chi connectivity index (χ4v) is 6.55. The molecule has 2 saturated heterocycles. The van der Waals surface area contributed by atoms with Crippen LogP contribution in [0.2, 0.25) is 0 Å². The third kappa shape index (κ3) is 6.28. The first kappa shape index (κ1) is 29.1. The summed E-state index contributed by atoms with van der Waals surface area (Å²) in [6, 6.07) is 9.65. The van der Waals surface area contributed by atoms with E-state index in [1.165, 1.54) is 11.5 Å². The zero-order valence-corrected chi connectivity index (χ0v) is 24.8. The summed E-state index contributed by atoms with van der Waals surface area (Å²) >= 11 is -4.11. The standard InChI is InChI=1S/C29H33F3N5O3Se/c1-29(39)17-36(18-29)27(38)19-8-9-26(40-3)24(14-19)33-11-4-6-20-15-25-23(7-5-12-37(25)28(20)41(31)32)34-22-10-13-35(2)16-21(22)30/h5,7-9,12,14-15,21-22,33-34,39H,10-11,13,16-18H2,1-3H3. The number of benzene rings is 1. The predicted molar refractivity (Wildman–Crippen MR) is 154 cm³/mol. The van der Waals surface area contributed by atoms with Crippen LogP contribution in [0.5, 0.6) is 5.75 Å². The van der Waals surface area contributed by atoms with Crippen molar-refractivity contribution < 1.29 is 26.1 Å². The van der Waals surface area contributed by atoms with E-state index in [1.807, 2.05) is 11.9 Å². The van der Waals surface area contributed by atoms with Crippen LogP contribution in [0.25, 0.3) is 5.52 Å². The molecular formula is C29H33F3N5O3Se. The first-order valence-electron chi connectivity index (χ1n) is 13.3. The zero-order valence-electron chi connectivity index (χ0n) is 23.1. The molecule has 4 heterocycles. The number of ether oxygens (including phenoxy) is 1. The number of anilines is 2. The number of aliphatic hydroxyl groups is 1. The Bertz CT molecular complexity index is 1490. The van der Waals surface area contributed by atoms with Gasteiger partial charge in [-0.1, -0.05) is 0 Å². The van der Waals surface area contributed by atoms with Gasteiger partial charge in [-0.2, -0.15) is 0 Å². The summed E-state index contributed by atoms with van der Waals surface area (Å²) in [6.45, 7) is 3.39. The Morgan fingerprint density at radius 2 is 2.02 bits per heavy atom. The number of hydrogen-bond donors (Lipinski definition) is 3. The number of aromatic nitrogens is 1. The van der Waals surface area contributed by atoms with Crippen molar-refractivity contribution in [1.29, 1.82) is 0 Å². The van der Waals surface area contributed by atoms with Gasteiger partial charge in [-0.25, -0.2) is 0 Å². The molecule has 41 heavy (non-hydrogen) atoms. The summed E-state index contributed by atoms with van der Waals surface area (Å²) in [4.78, 5) is 16.3. The van der Waals surface area contributed by atoms with Crippen LogP contribution in [-0.2, 0) is 0 Å². The van der Waals surface area contributed by atoms with Crippen molar-refractivity contribution in [2.45, 2.75) is 31.2 Å². The minimum atomic E-state index is -4.11. The third-order valence-corrected chi connectivity index (χ3v) is 8.87. The van der Waals surface area contributed by atoms with Crippen molar-refractivity contribution in [2.75, 3.05) is 57.5 Å². The van der Waals surface area contributed by atoms with Crippen LogP contribution >= 0.6 is 0 Å². The molecular weight excluding hydrogens is 602 g/mol. The fraction of sp³-hybridized carbons (Fsp3) is 0.414. The van der Waals surface area contributed by atoms with E-state index in [2.05, 4.69) is 22.5 Å². The summed E-state index contributed by atoms with van der Waals surface area (Å²) < 4.78 is 50.0. The molecule has 3 aromatic rings. The Morgan fingerprint density at radius 1 is 1.24 bits per heavy atom. The summed E-state index contributed by atoms with van der Waals surface area (Å²) in [5.74, 6) is 6.10. The number of piperidine rings is 1. The summed E-state index contributed by atoms with van der Waals surface area (Å²) in [6.07, 6.45) is 1.13. The number of fused-ring (bicyclic) bond motifs is 1. The molecule has 0 aliphatic carbocycles. The Balaban J connectivity index is 1.34. The van der Waals surface area contributed by atoms with E-state index in [4.69, 9.17) is 4.74 Å². The Kier molecular flexibility index (Phi) is 8.43. The van der Waals surface area contributed by atoms with Crippen LogP contribution in [0.4, 0.5) is 22.9 Å². The molecule has 2 atom stereocenters. The SMILES string of the molecule is COc1ccc(C(=O)N2CC(C)(O)C2)cc1NCC#Cc1cc2c(NC3CCN(C)CC3F)cccn2c1[Se](F)F. The summed E-state index contributed by atoms with van der Waals surface area (Å²) in [7, 11) is 3.38. The second kappa shape index (κ2) is 11.9. The van der Waals surface area contributed by atoms with Crippen LogP contribution in [0, 0.1) is 11.8 Å². The van der Waals surface area contributed by atoms with Crippen LogP contribution < -0.4 is 20.0 Å². The second-order valence-corrected chi connectivity index (χ2v) is 12.5. The van der Waals surface area contributed by atoms with Gasteiger partial charge in [0.25, 0.3) is 0 Å². The van der Waals surface area contributed by atoms with E-state index in [9.17, 15) is 21.4 Å². The van der Waals surface area contributed by atoms with Crippen molar-refractivity contribution >= 4 is 42.2 Å². The number of nitrogens with zero attached hydrogens (tertiary/aromatic N) is 3. The van der Waals surface area contributed by atoms with Crippen LogP contribution in [-0.4, -0.2) is 105 Å². The normalized spacial score (nSPS) is 20.3. The van der Waals surface area contributed by atoms with E-state index in [-0.39, 0.29) is 35.7 Å². The number of carbonyl (C=O) groups excluding carboxylic acids is 1. The second-order valence-electron chi connectivity index (χ2n) is 10.8. The molecule has 5 rings (SSSR count). The number of pyridine rings is 1. The molecule has 0 bridgehead atoms. The van der Waals surface area contributed by atoms with Crippen LogP contribution in [0.3, 0.4) is 0 Å². The van der Waals surface area contributed by atoms with Crippen LogP contribution in [0.1, 0.15) is 29.3 Å². The molecule has 0 saturated carbocycles. The van der Waals surface area contributed by atoms with Crippen molar-refractivity contribution in [3.05, 3.63) is 53.7 Å². The number of hydrogen-bond acceptors (Lipinski definition) is 6. The molecule has 3 N–H and O–H groups in total. The van der Waals surface area contributed by atoms with Gasteiger partial charge in [-0.05, 0) is 6.92 Å². The molecule has 2 fully saturated rings. The monoisotopic (exact) mass is 636 g/mol. The Hall–Kier alpha value is -3.36. The number of likely N-dealkylation sites (tertiary alicyclic amines) is 2. The number of β-amino-alcohol motifs (C(OH)–C–C–N with tert-alkyl or cyclic N) is 1.